The van der Waals surface area contributed by atoms with Crippen molar-refractivity contribution in [3.05, 3.63) is 28.7 Å². The lowest BCUT2D eigenvalue weighted by Crippen LogP contribution is -2.50. The molecule has 0 spiro atoms. The van der Waals surface area contributed by atoms with Gasteiger partial charge in [0.1, 0.15) is 0 Å². The number of carbonyl (C=O) groups is 1. The smallest absolute Gasteiger partial charge is 0.243 e. The zero-order valence-electron chi connectivity index (χ0n) is 12.4. The minimum Gasteiger partial charge on any atom is -0.384 e. The van der Waals surface area contributed by atoms with Crippen LogP contribution >= 0.6 is 15.9 Å². The van der Waals surface area contributed by atoms with Crippen molar-refractivity contribution in [2.45, 2.75) is 11.3 Å². The zero-order valence-corrected chi connectivity index (χ0v) is 14.8. The first-order valence-corrected chi connectivity index (χ1v) is 9.21. The number of nitrogens with zero attached hydrogens (tertiary/aromatic N) is 2. The lowest BCUT2D eigenvalue weighted by atomic mass is 10.3. The third kappa shape index (κ3) is 4.07. The summed E-state index contributed by atoms with van der Waals surface area (Å²) in [6.45, 7) is 1.85. The number of methoxy groups -OCH3 is 1. The molecule has 1 aromatic carbocycles. The summed E-state index contributed by atoms with van der Waals surface area (Å²) in [5.41, 5.74) is 0. The summed E-state index contributed by atoms with van der Waals surface area (Å²) in [4.78, 5) is 13.9. The van der Waals surface area contributed by atoms with Crippen molar-refractivity contribution < 1.29 is 17.9 Å². The SMILES string of the molecule is COCCC(=O)N1CCN(S(=O)(=O)c2ccc(Br)cc2)CC1. The van der Waals surface area contributed by atoms with E-state index in [2.05, 4.69) is 15.9 Å². The first kappa shape index (κ1) is 17.4. The van der Waals surface area contributed by atoms with Crippen LogP contribution in [0.1, 0.15) is 6.42 Å². The molecule has 1 saturated heterocycles. The van der Waals surface area contributed by atoms with Crippen molar-refractivity contribution in [3.63, 3.8) is 0 Å². The van der Waals surface area contributed by atoms with Crippen molar-refractivity contribution in [2.75, 3.05) is 39.9 Å². The number of hydrogen-bond acceptors (Lipinski definition) is 4. The van der Waals surface area contributed by atoms with Crippen molar-refractivity contribution in [1.82, 2.24) is 9.21 Å². The van der Waals surface area contributed by atoms with E-state index in [0.717, 1.165) is 4.47 Å². The molecule has 0 unspecified atom stereocenters. The molecule has 1 aliphatic rings. The fraction of sp³-hybridized carbons (Fsp3) is 0.500. The molecule has 0 N–H and O–H groups in total. The summed E-state index contributed by atoms with van der Waals surface area (Å²) in [6, 6.07) is 6.57. The van der Waals surface area contributed by atoms with Crippen LogP contribution in [0.25, 0.3) is 0 Å². The Morgan fingerprint density at radius 1 is 1.18 bits per heavy atom. The monoisotopic (exact) mass is 390 g/mol. The fourth-order valence-corrected chi connectivity index (χ4v) is 3.97. The van der Waals surface area contributed by atoms with Crippen molar-refractivity contribution in [3.8, 4) is 0 Å². The quantitative estimate of drug-likeness (QED) is 0.760. The third-order valence-corrected chi connectivity index (χ3v) is 6.00. The molecule has 1 fully saturated rings. The number of benzene rings is 1. The van der Waals surface area contributed by atoms with E-state index < -0.39 is 10.0 Å². The van der Waals surface area contributed by atoms with E-state index in [4.69, 9.17) is 4.74 Å². The maximum atomic E-state index is 12.5. The van der Waals surface area contributed by atoms with E-state index in [0.29, 0.717) is 39.2 Å². The van der Waals surface area contributed by atoms with Gasteiger partial charge in [-0.25, -0.2) is 8.42 Å². The van der Waals surface area contributed by atoms with Gasteiger partial charge in [0, 0.05) is 37.8 Å². The second kappa shape index (κ2) is 7.54. The van der Waals surface area contributed by atoms with Crippen molar-refractivity contribution in [2.24, 2.45) is 0 Å². The Hall–Kier alpha value is -0.960. The molecule has 122 valence electrons. The van der Waals surface area contributed by atoms with Crippen LogP contribution < -0.4 is 0 Å². The molecule has 1 heterocycles. The molecule has 0 atom stereocenters. The highest BCUT2D eigenvalue weighted by molar-refractivity contribution is 9.10. The third-order valence-electron chi connectivity index (χ3n) is 3.56. The zero-order chi connectivity index (χ0) is 16.2. The van der Waals surface area contributed by atoms with E-state index in [-0.39, 0.29) is 10.8 Å². The number of carbonyl (C=O) groups excluding carboxylic acids is 1. The van der Waals surface area contributed by atoms with Crippen LogP contribution in [-0.2, 0) is 19.6 Å². The van der Waals surface area contributed by atoms with E-state index in [1.165, 1.54) is 4.31 Å². The Kier molecular flexibility index (Phi) is 5.96. The molecule has 0 aliphatic carbocycles. The highest BCUT2D eigenvalue weighted by Crippen LogP contribution is 2.20. The average Bonchev–Trinajstić information content (AvgIpc) is 2.53. The highest BCUT2D eigenvalue weighted by atomic mass is 79.9. The topological polar surface area (TPSA) is 66.9 Å². The van der Waals surface area contributed by atoms with Gasteiger partial charge in [-0.2, -0.15) is 4.31 Å². The number of sulfonamides is 1. The average molecular weight is 391 g/mol. The minimum absolute atomic E-state index is 0.00235. The van der Waals surface area contributed by atoms with Gasteiger partial charge in [0.15, 0.2) is 0 Å². The number of rotatable bonds is 5. The fourth-order valence-electron chi connectivity index (χ4n) is 2.28. The van der Waals surface area contributed by atoms with Crippen LogP contribution in [0.5, 0.6) is 0 Å². The molecule has 1 amide bonds. The Morgan fingerprint density at radius 3 is 2.32 bits per heavy atom. The predicted molar refractivity (Wildman–Crippen MR) is 86.0 cm³/mol. The van der Waals surface area contributed by atoms with Gasteiger partial charge in [-0.05, 0) is 24.3 Å². The Balaban J connectivity index is 1.98. The van der Waals surface area contributed by atoms with Gasteiger partial charge in [0.2, 0.25) is 15.9 Å². The predicted octanol–water partition coefficient (Wildman–Crippen LogP) is 1.32. The Morgan fingerprint density at radius 2 is 1.77 bits per heavy atom. The van der Waals surface area contributed by atoms with Gasteiger partial charge in [0.25, 0.3) is 0 Å². The summed E-state index contributed by atoms with van der Waals surface area (Å²) >= 11 is 3.29. The number of hydrogen-bond donors (Lipinski definition) is 0. The number of amides is 1. The van der Waals surface area contributed by atoms with Crippen LogP contribution in [0.2, 0.25) is 0 Å². The molecular weight excluding hydrogens is 372 g/mol. The summed E-state index contributed by atoms with van der Waals surface area (Å²) in [7, 11) is -1.94. The van der Waals surface area contributed by atoms with Crippen molar-refractivity contribution >= 4 is 31.9 Å². The van der Waals surface area contributed by atoms with Gasteiger partial charge in [0.05, 0.1) is 17.9 Å². The molecule has 0 radical (unpaired) electrons. The lowest BCUT2D eigenvalue weighted by Gasteiger charge is -2.34. The highest BCUT2D eigenvalue weighted by Gasteiger charge is 2.29. The second-order valence-electron chi connectivity index (χ2n) is 4.98. The molecule has 8 heteroatoms. The standard InChI is InChI=1S/C14H19BrN2O4S/c1-21-11-6-14(18)16-7-9-17(10-8-16)22(19,20)13-4-2-12(15)3-5-13/h2-5H,6-11H2,1H3. The molecule has 22 heavy (non-hydrogen) atoms. The second-order valence-corrected chi connectivity index (χ2v) is 7.84. The van der Waals surface area contributed by atoms with E-state index in [9.17, 15) is 13.2 Å². The maximum Gasteiger partial charge on any atom is 0.243 e. The number of ether oxygens (including phenoxy) is 1. The van der Waals surface area contributed by atoms with Crippen LogP contribution in [0.15, 0.2) is 33.6 Å². The van der Waals surface area contributed by atoms with Crippen molar-refractivity contribution in [1.29, 1.82) is 0 Å². The van der Waals surface area contributed by atoms with Gasteiger partial charge < -0.3 is 9.64 Å². The molecule has 1 aliphatic heterocycles. The van der Waals surface area contributed by atoms with Crippen LogP contribution in [0.4, 0.5) is 0 Å². The summed E-state index contributed by atoms with van der Waals surface area (Å²) in [5.74, 6) is 0.00235. The molecule has 2 rings (SSSR count). The summed E-state index contributed by atoms with van der Waals surface area (Å²) in [5, 5.41) is 0. The van der Waals surface area contributed by atoms with Gasteiger partial charge in [-0.3, -0.25) is 4.79 Å². The van der Waals surface area contributed by atoms with E-state index in [1.807, 2.05) is 0 Å². The lowest BCUT2D eigenvalue weighted by molar-refractivity contribution is -0.133. The number of piperazine rings is 1. The normalized spacial score (nSPS) is 16.7. The number of halogens is 1. The van der Waals surface area contributed by atoms with Crippen LogP contribution in [0, 0.1) is 0 Å². The van der Waals surface area contributed by atoms with Gasteiger partial charge >= 0.3 is 0 Å². The Labute approximate surface area is 139 Å². The molecule has 0 saturated carbocycles. The minimum atomic E-state index is -3.50. The van der Waals surface area contributed by atoms with Crippen LogP contribution in [0.3, 0.4) is 0 Å². The molecule has 0 bridgehead atoms. The maximum absolute atomic E-state index is 12.5. The largest absolute Gasteiger partial charge is 0.384 e. The molecule has 1 aromatic rings. The van der Waals surface area contributed by atoms with Gasteiger partial charge in [-0.15, -0.1) is 0 Å². The molecule has 6 nitrogen and oxygen atoms in total. The summed E-state index contributed by atoms with van der Waals surface area (Å²) in [6.07, 6.45) is 0.329. The molecule has 0 aromatic heterocycles. The van der Waals surface area contributed by atoms with E-state index in [1.54, 1.807) is 36.3 Å². The summed E-state index contributed by atoms with van der Waals surface area (Å²) < 4.78 is 32.2. The first-order chi connectivity index (χ1) is 10.4. The molecular formula is C14H19BrN2O4S. The van der Waals surface area contributed by atoms with Gasteiger partial charge in [-0.1, -0.05) is 15.9 Å². The van der Waals surface area contributed by atoms with Crippen LogP contribution in [-0.4, -0.2) is 63.4 Å². The van der Waals surface area contributed by atoms with E-state index >= 15 is 0 Å². The Bertz CT molecular complexity index is 610. The first-order valence-electron chi connectivity index (χ1n) is 6.97.